The van der Waals surface area contributed by atoms with Crippen LogP contribution in [0, 0.1) is 5.82 Å². The van der Waals surface area contributed by atoms with Crippen LogP contribution < -0.4 is 4.31 Å². The van der Waals surface area contributed by atoms with Crippen molar-refractivity contribution < 1.29 is 17.6 Å². The van der Waals surface area contributed by atoms with Crippen molar-refractivity contribution in [2.45, 2.75) is 49.8 Å². The van der Waals surface area contributed by atoms with Gasteiger partial charge >= 0.3 is 0 Å². The highest BCUT2D eigenvalue weighted by Crippen LogP contribution is 2.24. The van der Waals surface area contributed by atoms with Crippen LogP contribution in [0.5, 0.6) is 0 Å². The van der Waals surface area contributed by atoms with Crippen molar-refractivity contribution in [3.05, 3.63) is 35.9 Å². The average molecular weight is 470 g/mol. The third-order valence-electron chi connectivity index (χ3n) is 5.57. The number of benzene rings is 1. The van der Waals surface area contributed by atoms with Gasteiger partial charge in [0, 0.05) is 20.1 Å². The molecule has 0 spiro atoms. The van der Waals surface area contributed by atoms with E-state index in [1.54, 1.807) is 11.6 Å². The van der Waals surface area contributed by atoms with Crippen molar-refractivity contribution in [3.63, 3.8) is 0 Å². The number of sulfonamides is 1. The van der Waals surface area contributed by atoms with E-state index in [1.165, 1.54) is 42.4 Å². The number of hydrogen-bond acceptors (Lipinski definition) is 6. The van der Waals surface area contributed by atoms with Crippen LogP contribution >= 0.6 is 11.8 Å². The summed E-state index contributed by atoms with van der Waals surface area (Å²) in [6.45, 7) is -0.0511. The minimum atomic E-state index is -3.62. The maximum atomic E-state index is 13.2. The predicted octanol–water partition coefficient (Wildman–Crippen LogP) is 2.80. The first-order chi connectivity index (χ1) is 14.7. The van der Waals surface area contributed by atoms with Crippen molar-refractivity contribution in [1.82, 2.24) is 19.7 Å². The molecule has 8 nitrogen and oxygen atoms in total. The number of hydrogen-bond donors (Lipinski definition) is 0. The molecule has 2 aromatic rings. The van der Waals surface area contributed by atoms with Crippen molar-refractivity contribution >= 4 is 33.4 Å². The Balaban J connectivity index is 1.67. The van der Waals surface area contributed by atoms with E-state index in [4.69, 9.17) is 0 Å². The minimum Gasteiger partial charge on any atom is -0.342 e. The van der Waals surface area contributed by atoms with Crippen molar-refractivity contribution in [3.8, 4) is 0 Å². The average Bonchev–Trinajstić information content (AvgIpc) is 3.09. The van der Waals surface area contributed by atoms with Gasteiger partial charge in [-0.3, -0.25) is 9.10 Å². The van der Waals surface area contributed by atoms with E-state index in [9.17, 15) is 17.6 Å². The van der Waals surface area contributed by atoms with E-state index in [2.05, 4.69) is 10.2 Å². The number of carbonyl (C=O) groups is 1. The number of rotatable bonds is 8. The second-order valence-corrected chi connectivity index (χ2v) is 10.6. The smallest absolute Gasteiger partial charge is 0.233 e. The number of halogens is 1. The molecular weight excluding hydrogens is 441 g/mol. The largest absolute Gasteiger partial charge is 0.342 e. The Labute approximate surface area is 186 Å². The highest BCUT2D eigenvalue weighted by atomic mass is 32.2. The molecule has 1 aromatic heterocycles. The molecule has 1 fully saturated rings. The van der Waals surface area contributed by atoms with Gasteiger partial charge in [0.25, 0.3) is 0 Å². The molecule has 0 atom stereocenters. The van der Waals surface area contributed by atoms with Gasteiger partial charge < -0.3 is 9.47 Å². The lowest BCUT2D eigenvalue weighted by molar-refractivity contribution is -0.129. The zero-order valence-corrected chi connectivity index (χ0v) is 19.6. The lowest BCUT2D eigenvalue weighted by Crippen LogP contribution is -2.39. The zero-order chi connectivity index (χ0) is 22.6. The van der Waals surface area contributed by atoms with Crippen LogP contribution in [0.1, 0.15) is 37.9 Å². The Kier molecular flexibility index (Phi) is 7.58. The van der Waals surface area contributed by atoms with Crippen molar-refractivity contribution in [2.24, 2.45) is 7.05 Å². The fourth-order valence-electron chi connectivity index (χ4n) is 3.64. The molecule has 0 aliphatic heterocycles. The van der Waals surface area contributed by atoms with E-state index in [0.29, 0.717) is 22.7 Å². The van der Waals surface area contributed by atoms with Gasteiger partial charge in [-0.2, -0.15) is 0 Å². The Bertz CT molecular complexity index is 1000. The Morgan fingerprint density at radius 2 is 1.84 bits per heavy atom. The highest BCUT2D eigenvalue weighted by molar-refractivity contribution is 7.99. The molecule has 1 amide bonds. The first-order valence-electron chi connectivity index (χ1n) is 10.2. The maximum Gasteiger partial charge on any atom is 0.233 e. The Hall–Kier alpha value is -2.14. The standard InChI is InChI=1S/C20H28FN5O3S2/c1-24(16-7-5-4-6-8-16)19(27)14-30-20-23-22-18(25(20)2)13-26(31(3,28)29)17-11-9-15(21)10-12-17/h9-12,16H,4-8,13-14H2,1-3H3. The maximum absolute atomic E-state index is 13.2. The van der Waals surface area contributed by atoms with Crippen LogP contribution in [-0.4, -0.2) is 59.1 Å². The van der Waals surface area contributed by atoms with Crippen LogP contribution in [0.4, 0.5) is 10.1 Å². The van der Waals surface area contributed by atoms with Gasteiger partial charge in [-0.05, 0) is 37.1 Å². The lowest BCUT2D eigenvalue weighted by Gasteiger charge is -2.31. The van der Waals surface area contributed by atoms with Crippen molar-refractivity contribution in [2.75, 3.05) is 23.4 Å². The summed E-state index contributed by atoms with van der Waals surface area (Å²) in [6.07, 6.45) is 6.73. The van der Waals surface area contributed by atoms with Gasteiger partial charge in [0.05, 0.1) is 24.2 Å². The summed E-state index contributed by atoms with van der Waals surface area (Å²) < 4.78 is 40.7. The first kappa shape index (κ1) is 23.5. The normalized spacial score (nSPS) is 15.1. The molecular formula is C20H28FN5O3S2. The molecule has 0 bridgehead atoms. The van der Waals surface area contributed by atoms with E-state index in [0.717, 1.165) is 36.2 Å². The molecule has 31 heavy (non-hydrogen) atoms. The predicted molar refractivity (Wildman–Crippen MR) is 119 cm³/mol. The fraction of sp³-hybridized carbons (Fsp3) is 0.550. The summed E-state index contributed by atoms with van der Waals surface area (Å²) in [7, 11) is -0.0347. The quantitative estimate of drug-likeness (QED) is 0.553. The zero-order valence-electron chi connectivity index (χ0n) is 18.0. The summed E-state index contributed by atoms with van der Waals surface area (Å²) in [6, 6.07) is 5.53. The first-order valence-corrected chi connectivity index (χ1v) is 13.0. The third-order valence-corrected chi connectivity index (χ3v) is 7.71. The van der Waals surface area contributed by atoms with Gasteiger partial charge in [-0.15, -0.1) is 10.2 Å². The van der Waals surface area contributed by atoms with Crippen LogP contribution in [0.3, 0.4) is 0 Å². The van der Waals surface area contributed by atoms with Crippen molar-refractivity contribution in [1.29, 1.82) is 0 Å². The summed E-state index contributed by atoms with van der Waals surface area (Å²) >= 11 is 1.28. The van der Waals surface area contributed by atoms with E-state index < -0.39 is 15.8 Å². The molecule has 1 heterocycles. The number of amides is 1. The summed E-state index contributed by atoms with van der Waals surface area (Å²) in [5, 5.41) is 8.77. The fourth-order valence-corrected chi connectivity index (χ4v) is 5.35. The van der Waals surface area contributed by atoms with E-state index in [-0.39, 0.29) is 18.2 Å². The van der Waals surface area contributed by atoms with Crippen LogP contribution in [-0.2, 0) is 28.4 Å². The Morgan fingerprint density at radius 1 is 1.19 bits per heavy atom. The van der Waals surface area contributed by atoms with Gasteiger partial charge in [0.15, 0.2) is 11.0 Å². The van der Waals surface area contributed by atoms with Gasteiger partial charge in [0.1, 0.15) is 5.82 Å². The number of thioether (sulfide) groups is 1. The number of aromatic nitrogens is 3. The SMILES string of the molecule is CN(C(=O)CSc1nnc(CN(c2ccc(F)cc2)S(C)(=O)=O)n1C)C1CCCCC1. The van der Waals surface area contributed by atoms with Gasteiger partial charge in [-0.1, -0.05) is 31.0 Å². The highest BCUT2D eigenvalue weighted by Gasteiger charge is 2.24. The summed E-state index contributed by atoms with van der Waals surface area (Å²) in [5.74, 6) is 0.264. The molecule has 1 aromatic carbocycles. The lowest BCUT2D eigenvalue weighted by atomic mass is 9.94. The molecule has 0 N–H and O–H groups in total. The van der Waals surface area contributed by atoms with Gasteiger partial charge in [-0.25, -0.2) is 12.8 Å². The molecule has 0 radical (unpaired) electrons. The van der Waals surface area contributed by atoms with E-state index >= 15 is 0 Å². The Morgan fingerprint density at radius 3 is 2.45 bits per heavy atom. The van der Waals surface area contributed by atoms with Crippen LogP contribution in [0.2, 0.25) is 0 Å². The summed E-state index contributed by atoms with van der Waals surface area (Å²) in [5.41, 5.74) is 0.338. The summed E-state index contributed by atoms with van der Waals surface area (Å²) in [4.78, 5) is 14.4. The van der Waals surface area contributed by atoms with Crippen LogP contribution in [0.25, 0.3) is 0 Å². The molecule has 3 rings (SSSR count). The number of nitrogens with zero attached hydrogens (tertiary/aromatic N) is 5. The van der Waals surface area contributed by atoms with Gasteiger partial charge in [0.2, 0.25) is 15.9 Å². The molecule has 1 saturated carbocycles. The number of carbonyl (C=O) groups excluding carboxylic acids is 1. The molecule has 0 saturated heterocycles. The molecule has 1 aliphatic carbocycles. The second-order valence-electron chi connectivity index (χ2n) is 7.79. The molecule has 11 heteroatoms. The topological polar surface area (TPSA) is 88.4 Å². The monoisotopic (exact) mass is 469 g/mol. The van der Waals surface area contributed by atoms with E-state index in [1.807, 2.05) is 11.9 Å². The minimum absolute atomic E-state index is 0.0468. The van der Waals surface area contributed by atoms with Crippen LogP contribution in [0.15, 0.2) is 29.4 Å². The molecule has 1 aliphatic rings. The molecule has 170 valence electrons. The number of anilines is 1. The second kappa shape index (κ2) is 9.99. The third kappa shape index (κ3) is 5.97. The molecule has 0 unspecified atom stereocenters.